The van der Waals surface area contributed by atoms with E-state index in [0.29, 0.717) is 13.1 Å². The van der Waals surface area contributed by atoms with Crippen molar-refractivity contribution in [1.29, 1.82) is 0 Å². The second kappa shape index (κ2) is 6.63. The number of hydrogen-bond donors (Lipinski definition) is 2. The molecule has 1 fully saturated rings. The molecule has 6 nitrogen and oxygen atoms in total. The van der Waals surface area contributed by atoms with Crippen molar-refractivity contribution in [3.05, 3.63) is 53.8 Å². The third kappa shape index (κ3) is 3.38. The number of likely N-dealkylation sites (tertiary alicyclic amines) is 1. The molecule has 1 saturated heterocycles. The lowest BCUT2D eigenvalue weighted by Gasteiger charge is -2.31. The number of nitrogens with zero attached hydrogens (tertiary/aromatic N) is 2. The first-order valence-electron chi connectivity index (χ1n) is 8.70. The van der Waals surface area contributed by atoms with Gasteiger partial charge in [-0.05, 0) is 38.0 Å². The minimum absolute atomic E-state index is 0.0482. The average molecular weight is 338 g/mol. The lowest BCUT2D eigenvalue weighted by atomic mass is 9.98. The number of urea groups is 1. The maximum atomic E-state index is 12.5. The van der Waals surface area contributed by atoms with Crippen molar-refractivity contribution in [2.75, 3.05) is 13.1 Å². The van der Waals surface area contributed by atoms with Crippen LogP contribution in [-0.2, 0) is 6.54 Å². The lowest BCUT2D eigenvalue weighted by molar-refractivity contribution is 0.177. The van der Waals surface area contributed by atoms with Crippen LogP contribution in [0, 0.1) is 6.92 Å². The monoisotopic (exact) mass is 338 g/mol. The SMILES string of the molecule is Cc1ccc2oc(CNC(=O)N3CCCC(c4ncc[nH]4)C3)cc2c1. The molecule has 3 heterocycles. The molecular formula is C19H22N4O2. The van der Waals surface area contributed by atoms with E-state index >= 15 is 0 Å². The molecule has 2 amide bonds. The molecule has 1 aromatic carbocycles. The van der Waals surface area contributed by atoms with Gasteiger partial charge < -0.3 is 19.6 Å². The molecule has 1 aliphatic rings. The lowest BCUT2D eigenvalue weighted by Crippen LogP contribution is -2.44. The van der Waals surface area contributed by atoms with Gasteiger partial charge in [0.15, 0.2) is 0 Å². The molecular weight excluding hydrogens is 316 g/mol. The largest absolute Gasteiger partial charge is 0.459 e. The van der Waals surface area contributed by atoms with Gasteiger partial charge in [0.25, 0.3) is 0 Å². The van der Waals surface area contributed by atoms with Crippen molar-refractivity contribution in [2.24, 2.45) is 0 Å². The van der Waals surface area contributed by atoms with Crippen LogP contribution in [0.4, 0.5) is 4.79 Å². The molecule has 25 heavy (non-hydrogen) atoms. The Hall–Kier alpha value is -2.76. The summed E-state index contributed by atoms with van der Waals surface area (Å²) in [5.74, 6) is 2.02. The first-order valence-corrected chi connectivity index (χ1v) is 8.70. The second-order valence-corrected chi connectivity index (χ2v) is 6.67. The first kappa shape index (κ1) is 15.7. The summed E-state index contributed by atoms with van der Waals surface area (Å²) in [5.41, 5.74) is 2.05. The first-order chi connectivity index (χ1) is 12.2. The fourth-order valence-corrected chi connectivity index (χ4v) is 3.46. The van der Waals surface area contributed by atoms with Crippen molar-refractivity contribution in [1.82, 2.24) is 20.2 Å². The average Bonchev–Trinajstić information content (AvgIpc) is 3.29. The van der Waals surface area contributed by atoms with Crippen LogP contribution in [0.5, 0.6) is 0 Å². The maximum Gasteiger partial charge on any atom is 0.317 e. The van der Waals surface area contributed by atoms with E-state index in [0.717, 1.165) is 41.9 Å². The van der Waals surface area contributed by atoms with Crippen molar-refractivity contribution < 1.29 is 9.21 Å². The molecule has 130 valence electrons. The summed E-state index contributed by atoms with van der Waals surface area (Å²) in [6.07, 6.45) is 5.64. The van der Waals surface area contributed by atoms with Crippen LogP contribution in [0.25, 0.3) is 11.0 Å². The molecule has 1 unspecified atom stereocenters. The highest BCUT2D eigenvalue weighted by Crippen LogP contribution is 2.24. The summed E-state index contributed by atoms with van der Waals surface area (Å²) >= 11 is 0. The maximum absolute atomic E-state index is 12.5. The van der Waals surface area contributed by atoms with E-state index in [-0.39, 0.29) is 11.9 Å². The Morgan fingerprint density at radius 2 is 2.36 bits per heavy atom. The number of hydrogen-bond acceptors (Lipinski definition) is 3. The fraction of sp³-hybridized carbons (Fsp3) is 0.368. The second-order valence-electron chi connectivity index (χ2n) is 6.67. The summed E-state index contributed by atoms with van der Waals surface area (Å²) in [7, 11) is 0. The summed E-state index contributed by atoms with van der Waals surface area (Å²) in [5, 5.41) is 4.04. The van der Waals surface area contributed by atoms with Gasteiger partial charge in [0, 0.05) is 36.8 Å². The van der Waals surface area contributed by atoms with E-state index in [1.54, 1.807) is 6.20 Å². The minimum atomic E-state index is -0.0482. The third-order valence-corrected chi connectivity index (χ3v) is 4.75. The number of piperidine rings is 1. The molecule has 0 aliphatic carbocycles. The zero-order valence-corrected chi connectivity index (χ0v) is 14.3. The number of fused-ring (bicyclic) bond motifs is 1. The Bertz CT molecular complexity index is 869. The quantitative estimate of drug-likeness (QED) is 0.767. The highest BCUT2D eigenvalue weighted by Gasteiger charge is 2.26. The number of aromatic amines is 1. The molecule has 2 aromatic heterocycles. The Labute approximate surface area is 146 Å². The van der Waals surface area contributed by atoms with Crippen molar-refractivity contribution in [3.8, 4) is 0 Å². The van der Waals surface area contributed by atoms with E-state index in [4.69, 9.17) is 4.42 Å². The van der Waals surface area contributed by atoms with Gasteiger partial charge in [0.2, 0.25) is 0 Å². The Morgan fingerprint density at radius 1 is 1.44 bits per heavy atom. The number of carbonyl (C=O) groups is 1. The number of amides is 2. The standard InChI is InChI=1S/C19H22N4O2/c1-13-4-5-17-15(9-13)10-16(25-17)11-22-19(24)23-8-2-3-14(12-23)18-20-6-7-21-18/h4-7,9-10,14H,2-3,8,11-12H2,1H3,(H,20,21)(H,22,24). The predicted octanol–water partition coefficient (Wildman–Crippen LogP) is 3.55. The van der Waals surface area contributed by atoms with Gasteiger partial charge in [-0.25, -0.2) is 9.78 Å². The smallest absolute Gasteiger partial charge is 0.317 e. The van der Waals surface area contributed by atoms with Crippen LogP contribution >= 0.6 is 0 Å². The van der Waals surface area contributed by atoms with E-state index in [1.807, 2.05) is 29.3 Å². The van der Waals surface area contributed by atoms with E-state index in [9.17, 15) is 4.79 Å². The topological polar surface area (TPSA) is 74.2 Å². The number of rotatable bonds is 3. The van der Waals surface area contributed by atoms with Crippen LogP contribution in [0.1, 0.15) is 35.9 Å². The van der Waals surface area contributed by atoms with Gasteiger partial charge in [0.1, 0.15) is 17.2 Å². The third-order valence-electron chi connectivity index (χ3n) is 4.75. The molecule has 0 spiro atoms. The summed E-state index contributed by atoms with van der Waals surface area (Å²) in [6.45, 7) is 3.93. The van der Waals surface area contributed by atoms with Crippen LogP contribution in [-0.4, -0.2) is 34.0 Å². The van der Waals surface area contributed by atoms with Gasteiger partial charge in [-0.2, -0.15) is 0 Å². The van der Waals surface area contributed by atoms with E-state index in [1.165, 1.54) is 5.56 Å². The molecule has 0 radical (unpaired) electrons. The number of H-pyrrole nitrogens is 1. The molecule has 1 aliphatic heterocycles. The van der Waals surface area contributed by atoms with Crippen molar-refractivity contribution in [2.45, 2.75) is 32.2 Å². The number of imidazole rings is 1. The van der Waals surface area contributed by atoms with Gasteiger partial charge in [-0.1, -0.05) is 11.6 Å². The molecule has 4 rings (SSSR count). The summed E-state index contributed by atoms with van der Waals surface area (Å²) < 4.78 is 5.79. The van der Waals surface area contributed by atoms with Crippen LogP contribution in [0.15, 0.2) is 41.1 Å². The van der Waals surface area contributed by atoms with E-state index in [2.05, 4.69) is 28.3 Å². The highest BCUT2D eigenvalue weighted by molar-refractivity contribution is 5.79. The molecule has 3 aromatic rings. The Balaban J connectivity index is 1.37. The van der Waals surface area contributed by atoms with Crippen LogP contribution in [0.2, 0.25) is 0 Å². The van der Waals surface area contributed by atoms with Crippen LogP contribution < -0.4 is 5.32 Å². The number of aryl methyl sites for hydroxylation is 1. The number of furan rings is 1. The Morgan fingerprint density at radius 3 is 3.20 bits per heavy atom. The molecule has 0 bridgehead atoms. The molecule has 1 atom stereocenters. The number of benzene rings is 1. The Kier molecular flexibility index (Phi) is 4.17. The van der Waals surface area contributed by atoms with E-state index < -0.39 is 0 Å². The number of aromatic nitrogens is 2. The minimum Gasteiger partial charge on any atom is -0.459 e. The molecule has 2 N–H and O–H groups in total. The zero-order chi connectivity index (χ0) is 17.2. The number of nitrogens with one attached hydrogen (secondary N) is 2. The molecule has 0 saturated carbocycles. The van der Waals surface area contributed by atoms with Crippen LogP contribution in [0.3, 0.4) is 0 Å². The zero-order valence-electron chi connectivity index (χ0n) is 14.3. The fourth-order valence-electron chi connectivity index (χ4n) is 3.46. The number of carbonyl (C=O) groups excluding carboxylic acids is 1. The summed E-state index contributed by atoms with van der Waals surface area (Å²) in [4.78, 5) is 21.9. The van der Waals surface area contributed by atoms with Gasteiger partial charge in [-0.3, -0.25) is 0 Å². The van der Waals surface area contributed by atoms with Crippen molar-refractivity contribution >= 4 is 17.0 Å². The van der Waals surface area contributed by atoms with Gasteiger partial charge in [-0.15, -0.1) is 0 Å². The predicted molar refractivity (Wildman–Crippen MR) is 95.3 cm³/mol. The molecule has 6 heteroatoms. The normalized spacial score (nSPS) is 17.8. The summed E-state index contributed by atoms with van der Waals surface area (Å²) in [6, 6.07) is 8.02. The van der Waals surface area contributed by atoms with Crippen molar-refractivity contribution in [3.63, 3.8) is 0 Å². The highest BCUT2D eigenvalue weighted by atomic mass is 16.3. The van der Waals surface area contributed by atoms with Gasteiger partial charge >= 0.3 is 6.03 Å². The van der Waals surface area contributed by atoms with Gasteiger partial charge in [0.05, 0.1) is 6.54 Å².